The van der Waals surface area contributed by atoms with Gasteiger partial charge >= 0.3 is 22.2 Å². The smallest absolute Gasteiger partial charge is 0.338 e. The van der Waals surface area contributed by atoms with Crippen LogP contribution in [0.3, 0.4) is 0 Å². The van der Waals surface area contributed by atoms with Crippen molar-refractivity contribution < 1.29 is 33.0 Å². The largest absolute Gasteiger partial charge is 0.478 e. The van der Waals surface area contributed by atoms with E-state index in [1.807, 2.05) is 85.8 Å². The van der Waals surface area contributed by atoms with Crippen molar-refractivity contribution in [2.24, 2.45) is 5.92 Å². The highest BCUT2D eigenvalue weighted by molar-refractivity contribution is 7.99. The monoisotopic (exact) mass is 1080 g/mol. The van der Waals surface area contributed by atoms with Crippen LogP contribution < -0.4 is 25.1 Å². The normalized spacial score (nSPS) is 18.1. The predicted molar refractivity (Wildman–Crippen MR) is 299 cm³/mol. The lowest BCUT2D eigenvalue weighted by molar-refractivity contribution is -0.383. The van der Waals surface area contributed by atoms with E-state index in [1.165, 1.54) is 6.07 Å². The standard InChI is InChI=1S/C55H62ClN7O8P2S/c1-38(2)62-39(3)52(55(64)65)53(54(62)41-12-14-43(56)15-13-41)42-8-7-9-47(34-42)60-30-28-59(29-31-60)45-16-18-46(19-17-45)61-32-33-71-73(61,69)48-20-21-50(51(35-48)63(66)67)57-44(37-74-49-10-5-4-6-11-49)24-27-58-25-22-40(23-26-58)36-70-72-68/h4-21,34-35,38,40,44,57H,22-33,36-37H2,1-3H3,(H,64,65)/t44-,73-/m1/s1. The van der Waals surface area contributed by atoms with Gasteiger partial charge in [0.1, 0.15) is 5.69 Å². The van der Waals surface area contributed by atoms with Gasteiger partial charge in [0.25, 0.3) is 5.69 Å². The molecule has 0 radical (unpaired) electrons. The van der Waals surface area contributed by atoms with Gasteiger partial charge in [-0.2, -0.15) is 0 Å². The fraction of sp³-hybridized carbons (Fsp3) is 0.364. The molecule has 1 aromatic heterocycles. The molecular weight excluding hydrogens is 1020 g/mol. The molecule has 0 bridgehead atoms. The van der Waals surface area contributed by atoms with Crippen molar-refractivity contribution in [1.29, 1.82) is 0 Å². The number of carboxylic acid groups (broad SMARTS) is 1. The summed E-state index contributed by atoms with van der Waals surface area (Å²) in [6.45, 7) is 12.6. The Bertz CT molecular complexity index is 2990. The molecule has 3 saturated heterocycles. The molecule has 0 saturated carbocycles. The number of carboxylic acids is 1. The zero-order chi connectivity index (χ0) is 51.9. The fourth-order valence-electron chi connectivity index (χ4n) is 10.6. The van der Waals surface area contributed by atoms with Crippen LogP contribution in [0.1, 0.15) is 55.2 Å². The minimum absolute atomic E-state index is 0.0135. The minimum atomic E-state index is -3.72. The second-order valence-corrected chi connectivity index (χ2v) is 23.6. The summed E-state index contributed by atoms with van der Waals surface area (Å²) in [4.78, 5) is 33.4. The SMILES string of the molecule is Cc1c(C(=O)O)c(-c2cccc(N3CCN(c4ccc(N5CCO[P@]5(=O)c5ccc(N[C@H](CCN6CCC(COP=O)CC6)CSc6ccccc6)c([N+](=O)[O-])c5)cc4)CC3)c2)c(-c2ccc(Cl)cc2)n1C(C)C. The number of nitrogens with one attached hydrogen (secondary N) is 1. The first-order chi connectivity index (χ1) is 35.8. The molecule has 9 rings (SSSR count). The van der Waals surface area contributed by atoms with Gasteiger partial charge in [0.05, 0.1) is 41.2 Å². The number of hydrogen-bond acceptors (Lipinski definition) is 12. The maximum Gasteiger partial charge on any atom is 0.338 e. The third kappa shape index (κ3) is 11.9. The Morgan fingerprint density at radius 3 is 2.23 bits per heavy atom. The maximum atomic E-state index is 14.9. The van der Waals surface area contributed by atoms with Crippen LogP contribution in [0, 0.1) is 23.0 Å². The molecule has 0 unspecified atom stereocenters. The van der Waals surface area contributed by atoms with Crippen molar-refractivity contribution in [3.63, 3.8) is 0 Å². The third-order valence-corrected chi connectivity index (χ3v) is 18.6. The Morgan fingerprint density at radius 2 is 1.57 bits per heavy atom. The number of anilines is 4. The average Bonchev–Trinajstić information content (AvgIpc) is 3.97. The third-order valence-electron chi connectivity index (χ3n) is 14.4. The van der Waals surface area contributed by atoms with Gasteiger partial charge in [0.15, 0.2) is 0 Å². The van der Waals surface area contributed by atoms with Gasteiger partial charge in [0.2, 0.25) is 0 Å². The van der Waals surface area contributed by atoms with Crippen molar-refractivity contribution in [2.75, 3.05) is 91.1 Å². The molecule has 0 spiro atoms. The summed E-state index contributed by atoms with van der Waals surface area (Å²) in [5.41, 5.74) is 7.18. The van der Waals surface area contributed by atoms with Crippen LogP contribution in [-0.4, -0.2) is 103 Å². The lowest BCUT2D eigenvalue weighted by atomic mass is 9.96. The molecule has 0 amide bonds. The van der Waals surface area contributed by atoms with Crippen LogP contribution in [0.15, 0.2) is 126 Å². The average molecular weight is 1080 g/mol. The van der Waals surface area contributed by atoms with Crippen molar-refractivity contribution in [3.8, 4) is 22.4 Å². The molecule has 74 heavy (non-hydrogen) atoms. The highest BCUT2D eigenvalue weighted by atomic mass is 35.5. The number of hydrogen-bond donors (Lipinski definition) is 2. The predicted octanol–water partition coefficient (Wildman–Crippen LogP) is 12.6. The van der Waals surface area contributed by atoms with Gasteiger partial charge in [-0.3, -0.25) is 23.9 Å². The van der Waals surface area contributed by atoms with Crippen molar-refractivity contribution in [2.45, 2.75) is 57.0 Å². The number of nitro groups is 1. The summed E-state index contributed by atoms with van der Waals surface area (Å²) in [5, 5.41) is 27.7. The molecule has 2 atom stereocenters. The molecule has 5 aromatic carbocycles. The molecule has 2 N–H and O–H groups in total. The van der Waals surface area contributed by atoms with Gasteiger partial charge in [-0.15, -0.1) is 11.8 Å². The number of thioether (sulfide) groups is 1. The molecular formula is C55H62ClN7O8P2S. The van der Waals surface area contributed by atoms with E-state index in [0.29, 0.717) is 52.5 Å². The Labute approximate surface area is 443 Å². The summed E-state index contributed by atoms with van der Waals surface area (Å²) in [7, 11) is -4.01. The van der Waals surface area contributed by atoms with Gasteiger partial charge in [0, 0.05) is 94.9 Å². The molecule has 0 aliphatic carbocycles. The summed E-state index contributed by atoms with van der Waals surface area (Å²) in [6.07, 6.45) is 2.68. The number of piperidine rings is 1. The van der Waals surface area contributed by atoms with E-state index in [9.17, 15) is 29.1 Å². The molecule has 6 aromatic rings. The summed E-state index contributed by atoms with van der Waals surface area (Å²) < 4.78 is 40.7. The number of aromatic carboxylic acids is 1. The Balaban J connectivity index is 0.874. The number of rotatable bonds is 20. The number of benzene rings is 5. The molecule has 15 nitrogen and oxygen atoms in total. The van der Waals surface area contributed by atoms with E-state index in [-0.39, 0.29) is 43.9 Å². The highest BCUT2D eigenvalue weighted by Crippen LogP contribution is 2.56. The zero-order valence-corrected chi connectivity index (χ0v) is 45.2. The number of nitrogens with zero attached hydrogens (tertiary/aromatic N) is 6. The summed E-state index contributed by atoms with van der Waals surface area (Å²) in [6, 6.07) is 38.4. The lowest BCUT2D eigenvalue weighted by Gasteiger charge is -2.37. The number of carbonyl (C=O) groups is 1. The first-order valence-electron chi connectivity index (χ1n) is 25.2. The number of aromatic nitrogens is 1. The van der Waals surface area contributed by atoms with Crippen LogP contribution in [0.5, 0.6) is 0 Å². The highest BCUT2D eigenvalue weighted by Gasteiger charge is 2.41. The number of likely N-dealkylation sites (tertiary alicyclic amines) is 1. The topological polar surface area (TPSA) is 163 Å². The van der Waals surface area contributed by atoms with Crippen LogP contribution in [0.4, 0.5) is 28.4 Å². The second-order valence-electron chi connectivity index (χ2n) is 19.3. The molecule has 3 aliphatic heterocycles. The van der Waals surface area contributed by atoms with Gasteiger partial charge in [-0.25, -0.2) is 9.36 Å². The number of piperazine rings is 1. The number of halogens is 1. The van der Waals surface area contributed by atoms with E-state index in [4.69, 9.17) is 20.6 Å². The Morgan fingerprint density at radius 1 is 0.878 bits per heavy atom. The van der Waals surface area contributed by atoms with E-state index in [2.05, 4.69) is 62.7 Å². The van der Waals surface area contributed by atoms with Crippen molar-refractivity contribution in [3.05, 3.63) is 148 Å². The minimum Gasteiger partial charge on any atom is -0.478 e. The van der Waals surface area contributed by atoms with E-state index >= 15 is 0 Å². The van der Waals surface area contributed by atoms with Crippen LogP contribution in [0.25, 0.3) is 22.4 Å². The molecule has 388 valence electrons. The van der Waals surface area contributed by atoms with Crippen LogP contribution in [-0.2, 0) is 18.2 Å². The van der Waals surface area contributed by atoms with Gasteiger partial charge in [-0.05, 0) is 143 Å². The molecule has 3 aliphatic rings. The van der Waals surface area contributed by atoms with Crippen molar-refractivity contribution >= 4 is 79.3 Å². The summed E-state index contributed by atoms with van der Waals surface area (Å²) >= 11 is 7.99. The van der Waals surface area contributed by atoms with Crippen molar-refractivity contribution in [1.82, 2.24) is 9.47 Å². The molecule has 3 fully saturated rings. The van der Waals surface area contributed by atoms with E-state index in [0.717, 1.165) is 98.2 Å². The van der Waals surface area contributed by atoms with E-state index in [1.54, 1.807) is 28.6 Å². The lowest BCUT2D eigenvalue weighted by Crippen LogP contribution is -2.46. The second kappa shape index (κ2) is 23.9. The quantitative estimate of drug-likeness (QED) is 0.0321. The summed E-state index contributed by atoms with van der Waals surface area (Å²) in [5.74, 6) is 0.0921. The Kier molecular flexibility index (Phi) is 17.1. The number of nitro benzene ring substituents is 1. The van der Waals surface area contributed by atoms with Crippen LogP contribution in [0.2, 0.25) is 5.02 Å². The fourth-order valence-corrected chi connectivity index (χ4v) is 14.2. The zero-order valence-electron chi connectivity index (χ0n) is 41.8. The van der Waals surface area contributed by atoms with Crippen LogP contribution >= 0.6 is 39.6 Å². The first kappa shape index (κ1) is 53.1. The van der Waals surface area contributed by atoms with Gasteiger partial charge < -0.3 is 34.2 Å². The Hall–Kier alpha value is -5.70. The van der Waals surface area contributed by atoms with E-state index < -0.39 is 18.4 Å². The molecule has 4 heterocycles. The van der Waals surface area contributed by atoms with Gasteiger partial charge in [-0.1, -0.05) is 54.1 Å². The maximum absolute atomic E-state index is 14.9. The first-order valence-corrected chi connectivity index (χ1v) is 28.9. The molecule has 19 heteroatoms.